The van der Waals surface area contributed by atoms with E-state index in [0.717, 1.165) is 12.8 Å². The number of rotatable bonds is 8. The second-order valence-electron chi connectivity index (χ2n) is 6.71. The van der Waals surface area contributed by atoms with Crippen LogP contribution in [0.1, 0.15) is 38.3 Å². The first-order chi connectivity index (χ1) is 12.9. The minimum atomic E-state index is -0.780. The minimum absolute atomic E-state index is 0.267. The Morgan fingerprint density at radius 3 is 2.67 bits per heavy atom. The number of ether oxygens (including phenoxy) is 3. The van der Waals surface area contributed by atoms with Crippen molar-refractivity contribution in [3.05, 3.63) is 36.0 Å². The van der Waals surface area contributed by atoms with Gasteiger partial charge in [-0.3, -0.25) is 4.79 Å². The Kier molecular flexibility index (Phi) is 7.10. The average molecular weight is 376 g/mol. The maximum absolute atomic E-state index is 12.8. The van der Waals surface area contributed by atoms with Crippen LogP contribution in [0, 0.1) is 11.8 Å². The molecule has 3 atom stereocenters. The highest BCUT2D eigenvalue weighted by molar-refractivity contribution is 5.85. The van der Waals surface area contributed by atoms with Gasteiger partial charge in [-0.05, 0) is 30.5 Å². The van der Waals surface area contributed by atoms with Gasteiger partial charge in [-0.15, -0.1) is 0 Å². The van der Waals surface area contributed by atoms with Crippen LogP contribution >= 0.6 is 0 Å². The zero-order chi connectivity index (χ0) is 20.0. The number of hydrogen-bond acceptors (Lipinski definition) is 5. The van der Waals surface area contributed by atoms with Gasteiger partial charge in [-0.1, -0.05) is 26.8 Å². The Morgan fingerprint density at radius 1 is 1.30 bits per heavy atom. The molecule has 0 spiro atoms. The number of urea groups is 1. The van der Waals surface area contributed by atoms with E-state index >= 15 is 0 Å². The summed E-state index contributed by atoms with van der Waals surface area (Å²) >= 11 is 0. The minimum Gasteiger partial charge on any atom is -0.497 e. The predicted molar refractivity (Wildman–Crippen MR) is 102 cm³/mol. The molecule has 1 aromatic carbocycles. The molecule has 1 aromatic rings. The van der Waals surface area contributed by atoms with E-state index < -0.39 is 24.0 Å². The van der Waals surface area contributed by atoms with Gasteiger partial charge in [0, 0.05) is 11.3 Å². The van der Waals surface area contributed by atoms with Crippen molar-refractivity contribution in [2.45, 2.75) is 32.7 Å². The van der Waals surface area contributed by atoms with Gasteiger partial charge >= 0.3 is 12.0 Å². The third-order valence-corrected chi connectivity index (χ3v) is 4.59. The Labute approximate surface area is 160 Å². The molecule has 0 aliphatic carbocycles. The molecule has 0 saturated carbocycles. The molecule has 1 heterocycles. The van der Waals surface area contributed by atoms with Crippen molar-refractivity contribution in [2.24, 2.45) is 11.8 Å². The maximum atomic E-state index is 12.8. The van der Waals surface area contributed by atoms with Crippen LogP contribution in [0.2, 0.25) is 0 Å². The highest BCUT2D eigenvalue weighted by atomic mass is 16.5. The van der Waals surface area contributed by atoms with E-state index in [-0.39, 0.29) is 5.92 Å². The van der Waals surface area contributed by atoms with Crippen LogP contribution in [0.4, 0.5) is 4.79 Å². The number of methoxy groups -OCH3 is 2. The molecule has 148 valence electrons. The lowest BCUT2D eigenvalue weighted by atomic mass is 9.88. The molecule has 1 aliphatic rings. The third-order valence-electron chi connectivity index (χ3n) is 4.59. The summed E-state index contributed by atoms with van der Waals surface area (Å²) in [5, 5.41) is 5.36. The summed E-state index contributed by atoms with van der Waals surface area (Å²) in [5.74, 6) is 0.173. The van der Waals surface area contributed by atoms with Crippen molar-refractivity contribution in [1.29, 1.82) is 0 Å². The molecule has 2 N–H and O–H groups in total. The third kappa shape index (κ3) is 4.93. The molecule has 0 unspecified atom stereocenters. The van der Waals surface area contributed by atoms with Crippen molar-refractivity contribution in [2.75, 3.05) is 20.8 Å². The second kappa shape index (κ2) is 9.30. The van der Waals surface area contributed by atoms with Gasteiger partial charge < -0.3 is 24.8 Å². The highest BCUT2D eigenvalue weighted by Crippen LogP contribution is 2.37. The van der Waals surface area contributed by atoms with Crippen LogP contribution in [0.3, 0.4) is 0 Å². The SMILES string of the molecule is C=C1NC(=O)N[C@@H](c2cc(OC)ccc2OC)[C@H]1C(=O)OC[C@H](C)CCC. The molecular formula is C20H28N2O5. The standard InChI is InChI=1S/C20H28N2O5/c1-6-7-12(2)11-27-19(23)17-13(3)21-20(24)22-18(17)15-10-14(25-4)8-9-16(15)26-5/h8-10,12,17-18H,3,6-7,11H2,1-2,4-5H3,(H2,21,22,24)/t12-,17+,18+/m1/s1. The number of amides is 2. The quantitative estimate of drug-likeness (QED) is 0.681. The molecule has 2 rings (SSSR count). The smallest absolute Gasteiger partial charge is 0.319 e. The van der Waals surface area contributed by atoms with Crippen LogP contribution in [0.25, 0.3) is 0 Å². The Morgan fingerprint density at radius 2 is 2.04 bits per heavy atom. The topological polar surface area (TPSA) is 85.9 Å². The fraction of sp³-hybridized carbons (Fsp3) is 0.500. The Hall–Kier alpha value is -2.70. The summed E-state index contributed by atoms with van der Waals surface area (Å²) in [4.78, 5) is 24.8. The van der Waals surface area contributed by atoms with Gasteiger partial charge in [0.05, 0.1) is 26.9 Å². The molecule has 7 nitrogen and oxygen atoms in total. The lowest BCUT2D eigenvalue weighted by Gasteiger charge is -2.34. The van der Waals surface area contributed by atoms with E-state index in [1.807, 2.05) is 6.92 Å². The van der Waals surface area contributed by atoms with E-state index in [1.54, 1.807) is 25.3 Å². The van der Waals surface area contributed by atoms with Crippen LogP contribution in [0.5, 0.6) is 11.5 Å². The summed E-state index contributed by atoms with van der Waals surface area (Å²) < 4.78 is 16.2. The molecule has 1 fully saturated rings. The van der Waals surface area contributed by atoms with Crippen molar-refractivity contribution in [1.82, 2.24) is 10.6 Å². The number of hydrogen-bond donors (Lipinski definition) is 2. The number of carbonyl (C=O) groups excluding carboxylic acids is 2. The van der Waals surface area contributed by atoms with E-state index in [1.165, 1.54) is 7.11 Å². The number of nitrogens with one attached hydrogen (secondary N) is 2. The zero-order valence-electron chi connectivity index (χ0n) is 16.3. The molecule has 2 amide bonds. The summed E-state index contributed by atoms with van der Waals surface area (Å²) in [5.41, 5.74) is 0.915. The average Bonchev–Trinajstić information content (AvgIpc) is 2.65. The van der Waals surface area contributed by atoms with Crippen LogP contribution in [-0.2, 0) is 9.53 Å². The fourth-order valence-corrected chi connectivity index (χ4v) is 3.19. The highest BCUT2D eigenvalue weighted by Gasteiger charge is 2.40. The lowest BCUT2D eigenvalue weighted by molar-refractivity contribution is -0.149. The van der Waals surface area contributed by atoms with Gasteiger partial charge in [0.15, 0.2) is 0 Å². The fourth-order valence-electron chi connectivity index (χ4n) is 3.19. The largest absolute Gasteiger partial charge is 0.497 e. The predicted octanol–water partition coefficient (Wildman–Crippen LogP) is 3.17. The maximum Gasteiger partial charge on any atom is 0.319 e. The number of carbonyl (C=O) groups is 2. The summed E-state index contributed by atoms with van der Waals surface area (Å²) in [6.07, 6.45) is 2.00. The lowest BCUT2D eigenvalue weighted by Crippen LogP contribution is -2.51. The van der Waals surface area contributed by atoms with E-state index in [0.29, 0.717) is 29.4 Å². The van der Waals surface area contributed by atoms with Crippen LogP contribution in [-0.4, -0.2) is 32.8 Å². The van der Waals surface area contributed by atoms with Crippen molar-refractivity contribution >= 4 is 12.0 Å². The Balaban J connectivity index is 2.32. The molecule has 0 aromatic heterocycles. The molecular weight excluding hydrogens is 348 g/mol. The molecule has 0 bridgehead atoms. The van der Waals surface area contributed by atoms with Gasteiger partial charge in [-0.25, -0.2) is 4.79 Å². The summed E-state index contributed by atoms with van der Waals surface area (Å²) in [6.45, 7) is 8.31. The number of benzene rings is 1. The van der Waals surface area contributed by atoms with Gasteiger partial charge in [0.1, 0.15) is 17.4 Å². The van der Waals surface area contributed by atoms with E-state index in [2.05, 4.69) is 24.1 Å². The number of esters is 1. The van der Waals surface area contributed by atoms with E-state index in [4.69, 9.17) is 14.2 Å². The van der Waals surface area contributed by atoms with Crippen LogP contribution < -0.4 is 20.1 Å². The normalized spacial score (nSPS) is 20.3. The zero-order valence-corrected chi connectivity index (χ0v) is 16.3. The Bertz CT molecular complexity index is 704. The van der Waals surface area contributed by atoms with Crippen molar-refractivity contribution in [3.8, 4) is 11.5 Å². The molecule has 27 heavy (non-hydrogen) atoms. The first-order valence-corrected chi connectivity index (χ1v) is 9.06. The van der Waals surface area contributed by atoms with Gasteiger partial charge in [0.2, 0.25) is 0 Å². The van der Waals surface area contributed by atoms with E-state index in [9.17, 15) is 9.59 Å². The molecule has 0 radical (unpaired) electrons. The first-order valence-electron chi connectivity index (χ1n) is 9.06. The van der Waals surface area contributed by atoms with Gasteiger partial charge in [0.25, 0.3) is 0 Å². The molecule has 1 aliphatic heterocycles. The second-order valence-corrected chi connectivity index (χ2v) is 6.71. The molecule has 1 saturated heterocycles. The summed E-state index contributed by atoms with van der Waals surface area (Å²) in [7, 11) is 3.08. The van der Waals surface area contributed by atoms with Crippen molar-refractivity contribution < 1.29 is 23.8 Å². The van der Waals surface area contributed by atoms with Crippen molar-refractivity contribution in [3.63, 3.8) is 0 Å². The van der Waals surface area contributed by atoms with Gasteiger partial charge in [-0.2, -0.15) is 0 Å². The summed E-state index contributed by atoms with van der Waals surface area (Å²) in [6, 6.07) is 4.11. The molecule has 7 heteroatoms. The monoisotopic (exact) mass is 376 g/mol. The first kappa shape index (κ1) is 20.6. The van der Waals surface area contributed by atoms with Crippen LogP contribution in [0.15, 0.2) is 30.5 Å².